The van der Waals surface area contributed by atoms with E-state index < -0.39 is 0 Å². The van der Waals surface area contributed by atoms with Crippen molar-refractivity contribution in [3.8, 4) is 6.07 Å². The third-order valence-corrected chi connectivity index (χ3v) is 4.63. The molecule has 1 N–H and O–H groups in total. The van der Waals surface area contributed by atoms with Crippen molar-refractivity contribution in [3.63, 3.8) is 0 Å². The first-order chi connectivity index (χ1) is 10.6. The van der Waals surface area contributed by atoms with Crippen molar-refractivity contribution in [1.82, 2.24) is 0 Å². The summed E-state index contributed by atoms with van der Waals surface area (Å²) in [4.78, 5) is 0. The minimum Gasteiger partial charge on any atom is -0.358 e. The van der Waals surface area contributed by atoms with Crippen LogP contribution in [0, 0.1) is 35.0 Å². The minimum absolute atomic E-state index is 0. The van der Waals surface area contributed by atoms with E-state index in [0.29, 0.717) is 0 Å². The zero-order chi connectivity index (χ0) is 18.4. The Labute approximate surface area is 172 Å². The Morgan fingerprint density at radius 1 is 0.840 bits per heavy atom. The fraction of sp³-hybridized carbons (Fsp3) is 0.864. The van der Waals surface area contributed by atoms with Crippen molar-refractivity contribution < 1.29 is 18.9 Å². The molecule has 0 aliphatic heterocycles. The number of nitrogens with one attached hydrogen (secondary N) is 1. The van der Waals surface area contributed by atoms with Crippen LogP contribution in [-0.4, -0.2) is 5.71 Å². The topological polar surface area (TPSA) is 47.6 Å². The molecule has 0 amide bonds. The Bertz CT molecular complexity index is 340. The van der Waals surface area contributed by atoms with Gasteiger partial charge < -0.3 is 12.8 Å². The van der Waals surface area contributed by atoms with E-state index in [0.717, 1.165) is 12.1 Å². The molecule has 0 atom stereocenters. The Balaban J connectivity index is -0.000000164. The van der Waals surface area contributed by atoms with Crippen molar-refractivity contribution >= 4 is 5.71 Å². The summed E-state index contributed by atoms with van der Waals surface area (Å²) in [6.45, 7) is 14.7. The molecule has 0 heterocycles. The summed E-state index contributed by atoms with van der Waals surface area (Å²) in [5.41, 5.74) is 0.848. The molecule has 0 saturated carbocycles. The van der Waals surface area contributed by atoms with Crippen LogP contribution in [0.5, 0.6) is 0 Å². The van der Waals surface area contributed by atoms with Gasteiger partial charge in [-0.3, -0.25) is 0 Å². The van der Waals surface area contributed by atoms with Crippen LogP contribution < -0.4 is 18.9 Å². The van der Waals surface area contributed by atoms with Gasteiger partial charge in [0.15, 0.2) is 0 Å². The minimum atomic E-state index is -0.103. The Morgan fingerprint density at radius 3 is 1.56 bits per heavy atom. The van der Waals surface area contributed by atoms with Gasteiger partial charge in [-0.2, -0.15) is 5.26 Å². The zero-order valence-electron chi connectivity index (χ0n) is 19.0. The van der Waals surface area contributed by atoms with Crippen LogP contribution in [0.1, 0.15) is 113 Å². The fourth-order valence-corrected chi connectivity index (χ4v) is 2.23. The summed E-state index contributed by atoms with van der Waals surface area (Å²) in [5, 5.41) is 16.3. The van der Waals surface area contributed by atoms with Gasteiger partial charge in [-0.1, -0.05) is 79.1 Å². The van der Waals surface area contributed by atoms with E-state index in [1.807, 2.05) is 20.8 Å². The van der Waals surface area contributed by atoms with Gasteiger partial charge in [0, 0.05) is 11.1 Å². The number of hydrogen-bond acceptors (Lipinski definition) is 2. The summed E-state index contributed by atoms with van der Waals surface area (Å²) in [6.07, 6.45) is 12.5. The van der Waals surface area contributed by atoms with Gasteiger partial charge >= 0.3 is 18.9 Å². The molecule has 2 nitrogen and oxygen atoms in total. The van der Waals surface area contributed by atoms with Gasteiger partial charge in [0.25, 0.3) is 0 Å². The molecule has 144 valence electrons. The first-order valence-electron chi connectivity index (χ1n) is 9.59. The average Bonchev–Trinajstić information content (AvgIpc) is 2.49. The normalized spacial score (nSPS) is 10.5. The molecule has 0 aliphatic rings. The third-order valence-electron chi connectivity index (χ3n) is 4.63. The number of hydrogen-bond donors (Lipinski definition) is 1. The van der Waals surface area contributed by atoms with Crippen molar-refractivity contribution in [3.05, 3.63) is 7.43 Å². The molecule has 0 bridgehead atoms. The molecule has 0 fully saturated rings. The van der Waals surface area contributed by atoms with Crippen molar-refractivity contribution in [2.45, 2.75) is 113 Å². The maximum absolute atomic E-state index is 8.70. The fourth-order valence-electron chi connectivity index (χ4n) is 2.23. The molecule has 0 saturated heterocycles. The molecule has 0 unspecified atom stereocenters. The Morgan fingerprint density at radius 2 is 1.24 bits per heavy atom. The zero-order valence-corrected chi connectivity index (χ0v) is 19.0. The van der Waals surface area contributed by atoms with Gasteiger partial charge in [0.2, 0.25) is 0 Å². The molecule has 0 aliphatic carbocycles. The van der Waals surface area contributed by atoms with Crippen LogP contribution in [-0.2, 0) is 0 Å². The van der Waals surface area contributed by atoms with Gasteiger partial charge in [0.1, 0.15) is 0 Å². The van der Waals surface area contributed by atoms with Gasteiger partial charge in [-0.15, -0.1) is 0 Å². The standard InChI is InChI=1S/C11H23N.C10H19N.CH3.Li/c1-5-6-7-8-9-11(3,4)10(2)12;1-4-5-6-7-8-10(2,3)9-11;;/h12H,5-9H2,1-4H3;4-8H2,1-3H3;1H3;/q;;-1;+1. The van der Waals surface area contributed by atoms with Crippen LogP contribution in [0.2, 0.25) is 0 Å². The summed E-state index contributed by atoms with van der Waals surface area (Å²) in [5.74, 6) is 0. The van der Waals surface area contributed by atoms with Gasteiger partial charge in [-0.05, 0) is 33.6 Å². The van der Waals surface area contributed by atoms with Gasteiger partial charge in [-0.25, -0.2) is 0 Å². The smallest absolute Gasteiger partial charge is 0.358 e. The second-order valence-corrected chi connectivity index (χ2v) is 8.13. The molecule has 0 rings (SSSR count). The second-order valence-electron chi connectivity index (χ2n) is 8.13. The monoisotopic (exact) mass is 344 g/mol. The summed E-state index contributed by atoms with van der Waals surface area (Å²) in [7, 11) is 0. The largest absolute Gasteiger partial charge is 1.00 e. The molecule has 0 aromatic heterocycles. The Kier molecular flexibility index (Phi) is 24.1. The number of nitriles is 1. The van der Waals surface area contributed by atoms with Crippen LogP contribution in [0.4, 0.5) is 0 Å². The molecule has 0 aromatic carbocycles. The van der Waals surface area contributed by atoms with E-state index in [1.54, 1.807) is 0 Å². The number of unbranched alkanes of at least 4 members (excludes halogenated alkanes) is 6. The van der Waals surface area contributed by atoms with Crippen LogP contribution in [0.15, 0.2) is 0 Å². The quantitative estimate of drug-likeness (QED) is 0.244. The first-order valence-corrected chi connectivity index (χ1v) is 9.59. The predicted molar refractivity (Wildman–Crippen MR) is 111 cm³/mol. The maximum atomic E-state index is 8.70. The SMILES string of the molecule is CCCCCCC(C)(C)C#N.CCCCCCC(C)(C)C(C)=N.[CH3-].[Li+]. The van der Waals surface area contributed by atoms with Crippen molar-refractivity contribution in [1.29, 1.82) is 10.7 Å². The molecule has 0 aromatic rings. The first kappa shape index (κ1) is 32.4. The van der Waals surface area contributed by atoms with E-state index in [9.17, 15) is 0 Å². The van der Waals surface area contributed by atoms with E-state index in [4.69, 9.17) is 10.7 Å². The van der Waals surface area contributed by atoms with Crippen molar-refractivity contribution in [2.24, 2.45) is 10.8 Å². The maximum Gasteiger partial charge on any atom is 1.00 e. The van der Waals surface area contributed by atoms with E-state index in [2.05, 4.69) is 33.8 Å². The van der Waals surface area contributed by atoms with Crippen LogP contribution in [0.3, 0.4) is 0 Å². The molecule has 25 heavy (non-hydrogen) atoms. The number of nitrogens with zero attached hydrogens (tertiary/aromatic N) is 1. The molecular formula is C22H45LiN2. The number of rotatable bonds is 11. The summed E-state index contributed by atoms with van der Waals surface area (Å²) < 4.78 is 0. The van der Waals surface area contributed by atoms with Crippen molar-refractivity contribution in [2.75, 3.05) is 0 Å². The predicted octanol–water partition coefficient (Wildman–Crippen LogP) is 4.98. The Hall–Kier alpha value is -0.243. The molecule has 0 spiro atoms. The molecular weight excluding hydrogens is 299 g/mol. The average molecular weight is 345 g/mol. The van der Waals surface area contributed by atoms with Crippen LogP contribution >= 0.6 is 0 Å². The molecule has 3 heteroatoms. The third kappa shape index (κ3) is 21.7. The van der Waals surface area contributed by atoms with Crippen LogP contribution in [0.25, 0.3) is 0 Å². The van der Waals surface area contributed by atoms with E-state index in [-0.39, 0.29) is 37.1 Å². The van der Waals surface area contributed by atoms with E-state index >= 15 is 0 Å². The second kappa shape index (κ2) is 18.5. The summed E-state index contributed by atoms with van der Waals surface area (Å²) >= 11 is 0. The summed E-state index contributed by atoms with van der Waals surface area (Å²) in [6, 6.07) is 2.32. The van der Waals surface area contributed by atoms with Gasteiger partial charge in [0.05, 0.1) is 11.5 Å². The van der Waals surface area contributed by atoms with E-state index in [1.165, 1.54) is 57.8 Å². The molecule has 0 radical (unpaired) electrons.